The SMILES string of the molecule is COc1ccc(S(=O)(=O)NC(C)C(=O)OCC(=O)Nc2ccc(C(=O)N(C)C)cc2)cc1. The summed E-state index contributed by atoms with van der Waals surface area (Å²) in [6, 6.07) is 10.6. The zero-order valence-electron chi connectivity index (χ0n) is 18.1. The van der Waals surface area contributed by atoms with Crippen molar-refractivity contribution in [1.82, 2.24) is 9.62 Å². The van der Waals surface area contributed by atoms with E-state index in [1.807, 2.05) is 0 Å². The van der Waals surface area contributed by atoms with Gasteiger partial charge in [-0.2, -0.15) is 4.72 Å². The summed E-state index contributed by atoms with van der Waals surface area (Å²) in [7, 11) is 0.742. The molecule has 11 heteroatoms. The summed E-state index contributed by atoms with van der Waals surface area (Å²) in [6.45, 7) is 0.702. The maximum absolute atomic E-state index is 12.4. The Labute approximate surface area is 186 Å². The highest BCUT2D eigenvalue weighted by molar-refractivity contribution is 7.89. The van der Waals surface area contributed by atoms with E-state index < -0.39 is 34.5 Å². The predicted octanol–water partition coefficient (Wildman–Crippen LogP) is 1.25. The molecule has 0 aromatic heterocycles. The Bertz CT molecular complexity index is 1070. The Balaban J connectivity index is 1.86. The first kappa shape index (κ1) is 24.8. The quantitative estimate of drug-likeness (QED) is 0.535. The summed E-state index contributed by atoms with van der Waals surface area (Å²) >= 11 is 0. The van der Waals surface area contributed by atoms with Crippen molar-refractivity contribution in [3.63, 3.8) is 0 Å². The highest BCUT2D eigenvalue weighted by Gasteiger charge is 2.23. The topological polar surface area (TPSA) is 131 Å². The fourth-order valence-electron chi connectivity index (χ4n) is 2.52. The molecule has 1 unspecified atom stereocenters. The van der Waals surface area contributed by atoms with Crippen LogP contribution < -0.4 is 14.8 Å². The lowest BCUT2D eigenvalue weighted by molar-refractivity contribution is -0.148. The van der Waals surface area contributed by atoms with E-state index in [0.717, 1.165) is 0 Å². The van der Waals surface area contributed by atoms with E-state index in [4.69, 9.17) is 9.47 Å². The van der Waals surface area contributed by atoms with Gasteiger partial charge in [-0.05, 0) is 55.5 Å². The molecule has 32 heavy (non-hydrogen) atoms. The van der Waals surface area contributed by atoms with Crippen LogP contribution >= 0.6 is 0 Å². The van der Waals surface area contributed by atoms with Gasteiger partial charge in [-0.15, -0.1) is 0 Å². The van der Waals surface area contributed by atoms with Gasteiger partial charge in [0.25, 0.3) is 11.8 Å². The number of methoxy groups -OCH3 is 1. The number of sulfonamides is 1. The molecule has 0 fully saturated rings. The largest absolute Gasteiger partial charge is 0.497 e. The van der Waals surface area contributed by atoms with Crippen LogP contribution in [0.4, 0.5) is 5.69 Å². The second-order valence-corrected chi connectivity index (χ2v) is 8.67. The minimum atomic E-state index is -3.97. The summed E-state index contributed by atoms with van der Waals surface area (Å²) in [5, 5.41) is 2.52. The maximum Gasteiger partial charge on any atom is 0.324 e. The molecule has 0 saturated heterocycles. The van der Waals surface area contributed by atoms with E-state index >= 15 is 0 Å². The van der Waals surface area contributed by atoms with E-state index in [-0.39, 0.29) is 10.8 Å². The van der Waals surface area contributed by atoms with Gasteiger partial charge in [-0.1, -0.05) is 0 Å². The Kier molecular flexibility index (Phi) is 8.33. The second-order valence-electron chi connectivity index (χ2n) is 6.95. The number of anilines is 1. The van der Waals surface area contributed by atoms with Crippen molar-refractivity contribution >= 4 is 33.5 Å². The lowest BCUT2D eigenvalue weighted by Gasteiger charge is -2.14. The number of rotatable bonds is 9. The highest BCUT2D eigenvalue weighted by Crippen LogP contribution is 2.16. The molecule has 0 saturated carbocycles. The van der Waals surface area contributed by atoms with Gasteiger partial charge in [0.1, 0.15) is 11.8 Å². The normalized spacial score (nSPS) is 11.9. The molecule has 2 amide bonds. The van der Waals surface area contributed by atoms with Crippen molar-refractivity contribution in [2.75, 3.05) is 33.1 Å². The van der Waals surface area contributed by atoms with Crippen LogP contribution in [0.25, 0.3) is 0 Å². The summed E-state index contributed by atoms with van der Waals surface area (Å²) in [5.74, 6) is -1.22. The molecule has 0 radical (unpaired) electrons. The number of benzene rings is 2. The van der Waals surface area contributed by atoms with Gasteiger partial charge in [-0.25, -0.2) is 8.42 Å². The highest BCUT2D eigenvalue weighted by atomic mass is 32.2. The van der Waals surface area contributed by atoms with Gasteiger partial charge in [0.15, 0.2) is 6.61 Å². The number of nitrogens with one attached hydrogen (secondary N) is 2. The van der Waals surface area contributed by atoms with Crippen molar-refractivity contribution in [2.45, 2.75) is 17.9 Å². The van der Waals surface area contributed by atoms with E-state index in [1.54, 1.807) is 38.4 Å². The van der Waals surface area contributed by atoms with Crippen molar-refractivity contribution < 1.29 is 32.3 Å². The van der Waals surface area contributed by atoms with Gasteiger partial charge in [0.2, 0.25) is 10.0 Å². The average Bonchev–Trinajstić information content (AvgIpc) is 2.77. The lowest BCUT2D eigenvalue weighted by atomic mass is 10.2. The third-order valence-corrected chi connectivity index (χ3v) is 5.78. The molecule has 1 atom stereocenters. The van der Waals surface area contributed by atoms with Gasteiger partial charge < -0.3 is 19.7 Å². The van der Waals surface area contributed by atoms with Gasteiger partial charge >= 0.3 is 5.97 Å². The molecule has 0 heterocycles. The number of hydrogen-bond donors (Lipinski definition) is 2. The zero-order chi connectivity index (χ0) is 23.9. The minimum absolute atomic E-state index is 0.0492. The smallest absolute Gasteiger partial charge is 0.324 e. The molecule has 0 aliphatic heterocycles. The molecule has 0 spiro atoms. The summed E-state index contributed by atoms with van der Waals surface area (Å²) < 4.78 is 36.8. The van der Waals surface area contributed by atoms with Crippen LogP contribution in [0, 0.1) is 0 Å². The molecule has 10 nitrogen and oxygen atoms in total. The fraction of sp³-hybridized carbons (Fsp3) is 0.286. The summed E-state index contributed by atoms with van der Waals surface area (Å²) in [4.78, 5) is 37.4. The number of carbonyl (C=O) groups is 3. The molecule has 0 aliphatic carbocycles. The second kappa shape index (κ2) is 10.7. The van der Waals surface area contributed by atoms with Crippen molar-refractivity contribution in [3.8, 4) is 5.75 Å². The molecule has 0 bridgehead atoms. The Morgan fingerprint density at radius 1 is 1.00 bits per heavy atom. The van der Waals surface area contributed by atoms with Gasteiger partial charge in [0, 0.05) is 25.3 Å². The van der Waals surface area contributed by atoms with Crippen molar-refractivity contribution in [1.29, 1.82) is 0 Å². The number of esters is 1. The standard InChI is InChI=1S/C21H25N3O7S/c1-14(23-32(28,29)18-11-9-17(30-4)10-12-18)21(27)31-13-19(25)22-16-7-5-15(6-8-16)20(26)24(2)3/h5-12,14,23H,13H2,1-4H3,(H,22,25). The third-order valence-electron chi connectivity index (χ3n) is 4.22. The molecule has 0 aliphatic rings. The van der Waals surface area contributed by atoms with Crippen LogP contribution in [0.2, 0.25) is 0 Å². The van der Waals surface area contributed by atoms with Crippen LogP contribution in [0.1, 0.15) is 17.3 Å². The van der Waals surface area contributed by atoms with Crippen LogP contribution in [0.3, 0.4) is 0 Å². The molecular weight excluding hydrogens is 438 g/mol. The molecule has 2 rings (SSSR count). The fourth-order valence-corrected chi connectivity index (χ4v) is 3.71. The number of nitrogens with zero attached hydrogens (tertiary/aromatic N) is 1. The molecule has 172 valence electrons. The van der Waals surface area contributed by atoms with Crippen LogP contribution in [-0.2, 0) is 24.3 Å². The monoisotopic (exact) mass is 463 g/mol. The number of amides is 2. The van der Waals surface area contributed by atoms with Crippen LogP contribution in [-0.4, -0.2) is 65.0 Å². The third kappa shape index (κ3) is 6.79. The van der Waals surface area contributed by atoms with Crippen LogP contribution in [0.5, 0.6) is 5.75 Å². The van der Waals surface area contributed by atoms with Gasteiger partial charge in [0.05, 0.1) is 12.0 Å². The lowest BCUT2D eigenvalue weighted by Crippen LogP contribution is -2.40. The predicted molar refractivity (Wildman–Crippen MR) is 117 cm³/mol. The number of ether oxygens (including phenoxy) is 2. The van der Waals surface area contributed by atoms with Crippen molar-refractivity contribution in [3.05, 3.63) is 54.1 Å². The first-order valence-corrected chi connectivity index (χ1v) is 11.0. The van der Waals surface area contributed by atoms with Gasteiger partial charge in [-0.3, -0.25) is 14.4 Å². The summed E-state index contributed by atoms with van der Waals surface area (Å²) in [5.41, 5.74) is 0.868. The van der Waals surface area contributed by atoms with Crippen LogP contribution in [0.15, 0.2) is 53.4 Å². The van der Waals surface area contributed by atoms with E-state index in [0.29, 0.717) is 17.0 Å². The minimum Gasteiger partial charge on any atom is -0.497 e. The maximum atomic E-state index is 12.4. The average molecular weight is 464 g/mol. The Hall–Kier alpha value is -3.44. The summed E-state index contributed by atoms with van der Waals surface area (Å²) in [6.07, 6.45) is 0. The Morgan fingerprint density at radius 3 is 2.12 bits per heavy atom. The van der Waals surface area contributed by atoms with E-state index in [9.17, 15) is 22.8 Å². The number of hydrogen-bond acceptors (Lipinski definition) is 7. The zero-order valence-corrected chi connectivity index (χ0v) is 18.9. The van der Waals surface area contributed by atoms with E-state index in [1.165, 1.54) is 43.2 Å². The molecular formula is C21H25N3O7S. The molecule has 2 aromatic carbocycles. The van der Waals surface area contributed by atoms with E-state index in [2.05, 4.69) is 10.0 Å². The number of carbonyl (C=O) groups excluding carboxylic acids is 3. The first-order valence-electron chi connectivity index (χ1n) is 9.48. The Morgan fingerprint density at radius 2 is 1.59 bits per heavy atom. The molecule has 2 aromatic rings. The van der Waals surface area contributed by atoms with Crippen molar-refractivity contribution in [2.24, 2.45) is 0 Å². The first-order chi connectivity index (χ1) is 15.0. The molecule has 2 N–H and O–H groups in total.